The molecular formula is C18H17BrF5N2O4PS. The molecule has 0 saturated carbocycles. The van der Waals surface area contributed by atoms with Crippen molar-refractivity contribution >= 4 is 44.9 Å². The molecule has 0 aliphatic heterocycles. The highest BCUT2D eigenvalue weighted by molar-refractivity contribution is 9.10. The van der Waals surface area contributed by atoms with Gasteiger partial charge in [-0.25, -0.2) is 0 Å². The lowest BCUT2D eigenvalue weighted by Gasteiger charge is -2.20. The van der Waals surface area contributed by atoms with Crippen LogP contribution in [0.5, 0.6) is 5.75 Å². The quantitative estimate of drug-likeness (QED) is 0.166. The van der Waals surface area contributed by atoms with E-state index in [0.717, 1.165) is 0 Å². The first-order valence-corrected chi connectivity index (χ1v) is 12.4. The number of fused-ring (bicyclic) bond motifs is 1. The van der Waals surface area contributed by atoms with Gasteiger partial charge in [0, 0.05) is 28.0 Å². The van der Waals surface area contributed by atoms with E-state index in [1.165, 1.54) is 19.2 Å². The molecule has 0 fully saturated rings. The highest BCUT2D eigenvalue weighted by Crippen LogP contribution is 2.66. The Balaban J connectivity index is 2.08. The molecule has 1 aromatic carbocycles. The van der Waals surface area contributed by atoms with Crippen molar-refractivity contribution in [3.05, 3.63) is 33.9 Å². The summed E-state index contributed by atoms with van der Waals surface area (Å²) in [6.45, 7) is 0.606. The number of rotatable bonds is 9. The number of hydrogen-bond acceptors (Lipinski definition) is 5. The number of aromatic nitrogens is 2. The lowest BCUT2D eigenvalue weighted by molar-refractivity contribution is -0.136. The van der Waals surface area contributed by atoms with Crippen molar-refractivity contribution in [2.75, 3.05) is 13.2 Å². The molecule has 6 nitrogen and oxygen atoms in total. The van der Waals surface area contributed by atoms with Gasteiger partial charge >= 0.3 is 19.4 Å². The van der Waals surface area contributed by atoms with E-state index in [4.69, 9.17) is 4.74 Å². The summed E-state index contributed by atoms with van der Waals surface area (Å²) in [6.07, 6.45) is -2.72. The van der Waals surface area contributed by atoms with Crippen molar-refractivity contribution in [3.8, 4) is 16.9 Å². The van der Waals surface area contributed by atoms with Gasteiger partial charge in [0.15, 0.2) is 0 Å². The molecule has 0 radical (unpaired) electrons. The Bertz CT molecular complexity index is 1140. The van der Waals surface area contributed by atoms with Gasteiger partial charge in [0.05, 0.1) is 24.1 Å². The molecule has 1 atom stereocenters. The number of H-pyrrole nitrogens is 1. The van der Waals surface area contributed by atoms with Crippen LogP contribution in [-0.4, -0.2) is 34.5 Å². The van der Waals surface area contributed by atoms with Crippen molar-refractivity contribution in [2.24, 2.45) is 0 Å². The molecule has 32 heavy (non-hydrogen) atoms. The largest absolute Gasteiger partial charge is 0.492 e. The first-order valence-electron chi connectivity index (χ1n) is 9.18. The Labute approximate surface area is 191 Å². The summed E-state index contributed by atoms with van der Waals surface area (Å²) < 4.78 is 89.3. The molecule has 0 saturated heterocycles. The monoisotopic (exact) mass is 562 g/mol. The number of aromatic amines is 1. The molecule has 0 bridgehead atoms. The highest BCUT2D eigenvalue weighted by Gasteiger charge is 2.55. The van der Waals surface area contributed by atoms with Gasteiger partial charge in [0.25, 0.3) is 0 Å². The maximum absolute atomic E-state index is 14.9. The Morgan fingerprint density at radius 3 is 2.56 bits per heavy atom. The maximum atomic E-state index is 14.9. The number of alkyl halides is 5. The van der Waals surface area contributed by atoms with E-state index in [0.29, 0.717) is 22.5 Å². The molecule has 0 amide bonds. The van der Waals surface area contributed by atoms with Crippen molar-refractivity contribution in [3.63, 3.8) is 0 Å². The van der Waals surface area contributed by atoms with Crippen molar-refractivity contribution in [2.45, 2.75) is 31.6 Å². The average molecular weight is 563 g/mol. The third-order valence-electron chi connectivity index (χ3n) is 4.32. The lowest BCUT2D eigenvalue weighted by atomic mass is 10.1. The van der Waals surface area contributed by atoms with Crippen LogP contribution in [0.2, 0.25) is 0 Å². The third-order valence-corrected chi connectivity index (χ3v) is 8.39. The van der Waals surface area contributed by atoms with Crippen LogP contribution >= 0.6 is 34.9 Å². The van der Waals surface area contributed by atoms with Crippen molar-refractivity contribution < 1.29 is 40.7 Å². The lowest BCUT2D eigenvalue weighted by Crippen LogP contribution is -2.14. The fraction of sp³-hybridized carbons (Fsp3) is 0.389. The topological polar surface area (TPSA) is 84.4 Å². The Morgan fingerprint density at radius 1 is 1.25 bits per heavy atom. The summed E-state index contributed by atoms with van der Waals surface area (Å²) in [7, 11) is -5.35. The van der Waals surface area contributed by atoms with E-state index in [1.807, 2.05) is 0 Å². The van der Waals surface area contributed by atoms with Gasteiger partial charge in [-0.2, -0.15) is 27.1 Å². The van der Waals surface area contributed by atoms with Crippen LogP contribution in [0.1, 0.15) is 24.6 Å². The molecule has 2 heterocycles. The summed E-state index contributed by atoms with van der Waals surface area (Å²) in [5, 5.41) is 6.68. The zero-order valence-corrected chi connectivity index (χ0v) is 19.7. The van der Waals surface area contributed by atoms with E-state index in [9.17, 15) is 31.4 Å². The summed E-state index contributed by atoms with van der Waals surface area (Å²) in [5.74, 6) is 0.0674. The van der Waals surface area contributed by atoms with Crippen LogP contribution in [0.15, 0.2) is 29.0 Å². The Morgan fingerprint density at radius 2 is 1.97 bits per heavy atom. The van der Waals surface area contributed by atoms with E-state index >= 15 is 0 Å². The SMILES string of the molecule is CCOP(=O)(O)C(F)(F)c1sc2c(OCCCC(F)(F)F)cc(-c3cn[nH]c3)cc2c1Br. The Kier molecular flexibility index (Phi) is 7.36. The van der Waals surface area contributed by atoms with Gasteiger partial charge in [-0.05, 0) is 47.0 Å². The fourth-order valence-corrected chi connectivity index (χ4v) is 6.32. The second-order valence-electron chi connectivity index (χ2n) is 6.63. The molecule has 0 spiro atoms. The normalized spacial score (nSPS) is 14.6. The van der Waals surface area contributed by atoms with Gasteiger partial charge < -0.3 is 14.2 Å². The molecule has 176 valence electrons. The Hall–Kier alpha value is -1.53. The summed E-state index contributed by atoms with van der Waals surface area (Å²) >= 11 is 3.59. The van der Waals surface area contributed by atoms with Crippen molar-refractivity contribution in [1.82, 2.24) is 10.2 Å². The number of hydrogen-bond donors (Lipinski definition) is 2. The molecule has 0 aliphatic rings. The fourth-order valence-electron chi connectivity index (χ4n) is 2.85. The van der Waals surface area contributed by atoms with E-state index in [1.54, 1.807) is 12.3 Å². The number of halogens is 6. The van der Waals surface area contributed by atoms with E-state index in [2.05, 4.69) is 30.7 Å². The number of thiophene rings is 1. The van der Waals surface area contributed by atoms with Crippen LogP contribution in [-0.2, 0) is 14.8 Å². The minimum Gasteiger partial charge on any atom is -0.492 e. The molecular weight excluding hydrogens is 546 g/mol. The summed E-state index contributed by atoms with van der Waals surface area (Å²) in [4.78, 5) is 9.03. The first-order chi connectivity index (χ1) is 14.9. The zero-order chi connectivity index (χ0) is 23.7. The van der Waals surface area contributed by atoms with Gasteiger partial charge in [0.2, 0.25) is 0 Å². The molecule has 0 aliphatic carbocycles. The minimum absolute atomic E-state index is 0.0674. The predicted octanol–water partition coefficient (Wildman–Crippen LogP) is 7.05. The van der Waals surface area contributed by atoms with Crippen LogP contribution < -0.4 is 4.74 Å². The first kappa shape index (κ1) is 25.1. The number of benzene rings is 1. The minimum atomic E-state index is -5.35. The standard InChI is InChI=1S/C18H17BrF5N2O4PS/c1-2-30-31(27,28)18(23,24)16-14(19)12-6-10(11-8-25-26-9-11)7-13(15(12)32-16)29-5-3-4-17(20,21)22/h6-9H,2-5H2,1H3,(H,25,26)(H,27,28). The van der Waals surface area contributed by atoms with Crippen LogP contribution in [0.3, 0.4) is 0 Å². The van der Waals surface area contributed by atoms with Gasteiger partial charge in [-0.1, -0.05) is 0 Å². The predicted molar refractivity (Wildman–Crippen MR) is 113 cm³/mol. The molecule has 1 unspecified atom stereocenters. The van der Waals surface area contributed by atoms with Crippen LogP contribution in [0.4, 0.5) is 22.0 Å². The zero-order valence-electron chi connectivity index (χ0n) is 16.4. The van der Waals surface area contributed by atoms with Crippen LogP contribution in [0.25, 0.3) is 21.2 Å². The molecule has 2 N–H and O–H groups in total. The van der Waals surface area contributed by atoms with Gasteiger partial charge in [0.1, 0.15) is 10.6 Å². The third kappa shape index (κ3) is 5.17. The number of ether oxygens (including phenoxy) is 1. The number of nitrogens with zero attached hydrogens (tertiary/aromatic N) is 1. The summed E-state index contributed by atoms with van der Waals surface area (Å²) in [6, 6.07) is 3.04. The van der Waals surface area contributed by atoms with Crippen LogP contribution in [0, 0.1) is 0 Å². The van der Waals surface area contributed by atoms with Crippen molar-refractivity contribution in [1.29, 1.82) is 0 Å². The second-order valence-corrected chi connectivity index (χ2v) is 10.3. The molecule has 2 aromatic heterocycles. The highest BCUT2D eigenvalue weighted by atomic mass is 79.9. The van der Waals surface area contributed by atoms with Gasteiger partial charge in [-0.15, -0.1) is 11.3 Å². The second kappa shape index (κ2) is 9.38. The molecule has 14 heteroatoms. The number of nitrogens with one attached hydrogen (secondary N) is 1. The smallest absolute Gasteiger partial charge is 0.402 e. The van der Waals surface area contributed by atoms with E-state index < -0.39 is 37.3 Å². The maximum Gasteiger partial charge on any atom is 0.402 e. The van der Waals surface area contributed by atoms with E-state index in [-0.39, 0.29) is 33.3 Å². The molecule has 3 rings (SSSR count). The molecule has 3 aromatic rings. The summed E-state index contributed by atoms with van der Waals surface area (Å²) in [5.41, 5.74) is -3.14. The van der Waals surface area contributed by atoms with Gasteiger partial charge in [-0.3, -0.25) is 9.66 Å². The average Bonchev–Trinajstić information content (AvgIpc) is 3.33.